The number of primary amides is 1. The summed E-state index contributed by atoms with van der Waals surface area (Å²) >= 11 is 0. The van der Waals surface area contributed by atoms with Crippen molar-refractivity contribution in [3.05, 3.63) is 59.4 Å². The lowest BCUT2D eigenvalue weighted by atomic mass is 10.2. The third-order valence-electron chi connectivity index (χ3n) is 2.86. The summed E-state index contributed by atoms with van der Waals surface area (Å²) in [5, 5.41) is 14.7. The molecule has 1 aromatic carbocycles. The molecule has 7 nitrogen and oxygen atoms in total. The van der Waals surface area contributed by atoms with Crippen LogP contribution in [0.25, 0.3) is 0 Å². The number of pyridine rings is 1. The van der Waals surface area contributed by atoms with E-state index in [2.05, 4.69) is 15.5 Å². The number of nitrogens with two attached hydrogens (primary N) is 2. The fourth-order valence-corrected chi connectivity index (χ4v) is 1.73. The molecular weight excluding hydrogens is 270 g/mol. The molecule has 0 aliphatic rings. The SMILES string of the molecule is NC(=O)c1ccc(NCc2ccnc(C(N)=NO)c2)cc1. The van der Waals surface area contributed by atoms with Gasteiger partial charge in [-0.1, -0.05) is 5.16 Å². The first-order valence-corrected chi connectivity index (χ1v) is 6.16. The number of oxime groups is 1. The van der Waals surface area contributed by atoms with Crippen LogP contribution in [-0.2, 0) is 6.54 Å². The maximum absolute atomic E-state index is 11.0. The van der Waals surface area contributed by atoms with Crippen LogP contribution in [0.2, 0.25) is 0 Å². The van der Waals surface area contributed by atoms with Crippen molar-refractivity contribution in [3.8, 4) is 0 Å². The number of nitrogens with one attached hydrogen (secondary N) is 1. The number of anilines is 1. The highest BCUT2D eigenvalue weighted by molar-refractivity contribution is 5.95. The van der Waals surface area contributed by atoms with Crippen LogP contribution >= 0.6 is 0 Å². The number of nitrogens with zero attached hydrogens (tertiary/aromatic N) is 2. The van der Waals surface area contributed by atoms with Crippen molar-refractivity contribution in [2.75, 3.05) is 5.32 Å². The van der Waals surface area contributed by atoms with Crippen LogP contribution in [0.15, 0.2) is 47.8 Å². The van der Waals surface area contributed by atoms with Crippen LogP contribution in [0, 0.1) is 0 Å². The van der Waals surface area contributed by atoms with Gasteiger partial charge in [-0.2, -0.15) is 0 Å². The zero-order chi connectivity index (χ0) is 15.2. The molecule has 0 radical (unpaired) electrons. The monoisotopic (exact) mass is 285 g/mol. The number of hydrogen-bond donors (Lipinski definition) is 4. The van der Waals surface area contributed by atoms with E-state index < -0.39 is 5.91 Å². The quantitative estimate of drug-likeness (QED) is 0.281. The van der Waals surface area contributed by atoms with Crippen molar-refractivity contribution < 1.29 is 10.0 Å². The van der Waals surface area contributed by atoms with Gasteiger partial charge < -0.3 is 22.0 Å². The normalized spacial score (nSPS) is 11.1. The standard InChI is InChI=1S/C14H15N5O2/c15-13(19-21)12-7-9(5-6-17-12)8-18-11-3-1-10(2-4-11)14(16)20/h1-7,18,21H,8H2,(H2,15,19)(H2,16,20). The van der Waals surface area contributed by atoms with E-state index in [1.807, 2.05) is 6.07 Å². The average molecular weight is 285 g/mol. The van der Waals surface area contributed by atoms with E-state index in [1.54, 1.807) is 36.5 Å². The molecule has 6 N–H and O–H groups in total. The predicted molar refractivity (Wildman–Crippen MR) is 79.0 cm³/mol. The lowest BCUT2D eigenvalue weighted by molar-refractivity contribution is 0.100. The van der Waals surface area contributed by atoms with Crippen LogP contribution in [0.3, 0.4) is 0 Å². The molecule has 0 fully saturated rings. The van der Waals surface area contributed by atoms with Crippen molar-refractivity contribution in [2.24, 2.45) is 16.6 Å². The first-order chi connectivity index (χ1) is 10.1. The second kappa shape index (κ2) is 6.38. The Hall–Kier alpha value is -3.09. The number of carbonyl (C=O) groups is 1. The molecule has 0 aliphatic heterocycles. The summed E-state index contributed by atoms with van der Waals surface area (Å²) in [7, 11) is 0. The first-order valence-electron chi connectivity index (χ1n) is 6.16. The molecule has 1 amide bonds. The summed E-state index contributed by atoms with van der Waals surface area (Å²) < 4.78 is 0. The summed E-state index contributed by atoms with van der Waals surface area (Å²) in [6, 6.07) is 10.4. The highest BCUT2D eigenvalue weighted by Crippen LogP contribution is 2.11. The molecule has 2 rings (SSSR count). The van der Waals surface area contributed by atoms with Crippen LogP contribution in [-0.4, -0.2) is 21.9 Å². The Morgan fingerprint density at radius 1 is 1.24 bits per heavy atom. The fourth-order valence-electron chi connectivity index (χ4n) is 1.73. The minimum absolute atomic E-state index is 0.0392. The predicted octanol–water partition coefficient (Wildman–Crippen LogP) is 0.887. The zero-order valence-corrected chi connectivity index (χ0v) is 11.2. The van der Waals surface area contributed by atoms with Crippen LogP contribution < -0.4 is 16.8 Å². The highest BCUT2D eigenvalue weighted by Gasteiger charge is 2.03. The zero-order valence-electron chi connectivity index (χ0n) is 11.2. The Labute approximate surface area is 121 Å². The number of amidine groups is 1. The molecule has 0 atom stereocenters. The Balaban J connectivity index is 2.04. The van der Waals surface area contributed by atoms with E-state index in [0.29, 0.717) is 17.8 Å². The third kappa shape index (κ3) is 3.69. The van der Waals surface area contributed by atoms with Crippen LogP contribution in [0.5, 0.6) is 0 Å². The van der Waals surface area contributed by atoms with Gasteiger partial charge in [0.05, 0.1) is 0 Å². The lowest BCUT2D eigenvalue weighted by Crippen LogP contribution is -2.15. The van der Waals surface area contributed by atoms with Gasteiger partial charge in [-0.25, -0.2) is 0 Å². The topological polar surface area (TPSA) is 127 Å². The van der Waals surface area contributed by atoms with Crippen molar-refractivity contribution in [2.45, 2.75) is 6.54 Å². The largest absolute Gasteiger partial charge is 0.409 e. The summed E-state index contributed by atoms with van der Waals surface area (Å²) in [4.78, 5) is 15.0. The van der Waals surface area contributed by atoms with Gasteiger partial charge in [0.1, 0.15) is 5.69 Å². The lowest BCUT2D eigenvalue weighted by Gasteiger charge is -2.08. The second-order valence-corrected chi connectivity index (χ2v) is 4.33. The number of rotatable bonds is 5. The Morgan fingerprint density at radius 3 is 2.57 bits per heavy atom. The molecule has 0 saturated carbocycles. The second-order valence-electron chi connectivity index (χ2n) is 4.33. The number of benzene rings is 1. The fraction of sp³-hybridized carbons (Fsp3) is 0.0714. The number of carbonyl (C=O) groups excluding carboxylic acids is 1. The molecule has 21 heavy (non-hydrogen) atoms. The third-order valence-corrected chi connectivity index (χ3v) is 2.86. The maximum Gasteiger partial charge on any atom is 0.248 e. The van der Waals surface area contributed by atoms with E-state index in [-0.39, 0.29) is 5.84 Å². The molecule has 108 valence electrons. The number of hydrogen-bond acceptors (Lipinski definition) is 5. The highest BCUT2D eigenvalue weighted by atomic mass is 16.4. The average Bonchev–Trinajstić information content (AvgIpc) is 2.52. The minimum atomic E-state index is -0.459. The van der Waals surface area contributed by atoms with Gasteiger partial charge >= 0.3 is 0 Å². The van der Waals surface area contributed by atoms with E-state index in [4.69, 9.17) is 16.7 Å². The van der Waals surface area contributed by atoms with Gasteiger partial charge in [0, 0.05) is 24.0 Å². The summed E-state index contributed by atoms with van der Waals surface area (Å²) in [5.41, 5.74) is 13.3. The smallest absolute Gasteiger partial charge is 0.248 e. The number of amides is 1. The summed E-state index contributed by atoms with van der Waals surface area (Å²) in [6.45, 7) is 0.532. The molecule has 0 aliphatic carbocycles. The number of aromatic nitrogens is 1. The van der Waals surface area contributed by atoms with E-state index in [1.165, 1.54) is 0 Å². The van der Waals surface area contributed by atoms with Crippen molar-refractivity contribution >= 4 is 17.4 Å². The first kappa shape index (κ1) is 14.3. The van der Waals surface area contributed by atoms with Crippen LogP contribution in [0.1, 0.15) is 21.6 Å². The van der Waals surface area contributed by atoms with Gasteiger partial charge in [-0.3, -0.25) is 9.78 Å². The Morgan fingerprint density at radius 2 is 1.95 bits per heavy atom. The molecule has 0 unspecified atom stereocenters. The van der Waals surface area contributed by atoms with Gasteiger partial charge in [-0.05, 0) is 42.0 Å². The minimum Gasteiger partial charge on any atom is -0.409 e. The van der Waals surface area contributed by atoms with Crippen LogP contribution in [0.4, 0.5) is 5.69 Å². The molecule has 2 aromatic rings. The van der Waals surface area contributed by atoms with Crippen molar-refractivity contribution in [3.63, 3.8) is 0 Å². The molecule has 0 bridgehead atoms. The Kier molecular flexibility index (Phi) is 4.35. The van der Waals surface area contributed by atoms with E-state index >= 15 is 0 Å². The molecule has 7 heteroatoms. The molecule has 0 spiro atoms. The maximum atomic E-state index is 11.0. The molecule has 1 heterocycles. The van der Waals surface area contributed by atoms with E-state index in [9.17, 15) is 4.79 Å². The van der Waals surface area contributed by atoms with Gasteiger partial charge in [-0.15, -0.1) is 0 Å². The molecule has 0 saturated heterocycles. The summed E-state index contributed by atoms with van der Waals surface area (Å²) in [6.07, 6.45) is 1.58. The van der Waals surface area contributed by atoms with Gasteiger partial charge in [0.25, 0.3) is 0 Å². The summed E-state index contributed by atoms with van der Waals surface area (Å²) in [5.74, 6) is -0.498. The van der Waals surface area contributed by atoms with Gasteiger partial charge in [0.15, 0.2) is 5.84 Å². The van der Waals surface area contributed by atoms with Gasteiger partial charge in [0.2, 0.25) is 5.91 Å². The molecule has 1 aromatic heterocycles. The van der Waals surface area contributed by atoms with Crippen molar-refractivity contribution in [1.82, 2.24) is 4.98 Å². The Bertz CT molecular complexity index is 667. The molecular formula is C14H15N5O2. The van der Waals surface area contributed by atoms with Crippen molar-refractivity contribution in [1.29, 1.82) is 0 Å². The van der Waals surface area contributed by atoms with E-state index in [0.717, 1.165) is 11.3 Å².